The van der Waals surface area contributed by atoms with Crippen molar-refractivity contribution < 1.29 is 9.84 Å². The molecule has 0 amide bonds. The maximum absolute atomic E-state index is 10.1. The molecule has 2 fully saturated rings. The van der Waals surface area contributed by atoms with Crippen LogP contribution in [0.1, 0.15) is 31.7 Å². The highest BCUT2D eigenvalue weighted by atomic mass is 35.5. The normalized spacial score (nSPS) is 27.6. The number of hydrogen-bond donors (Lipinski definition) is 2. The van der Waals surface area contributed by atoms with Crippen LogP contribution in [-0.4, -0.2) is 77.1 Å². The SMILES string of the molecule is CC(O)[C@H]1CN(C2CCN(C3=NN=C(N)C3)CC2)[C@@H](Cc2ccc(Cl)cc2)CO1. The van der Waals surface area contributed by atoms with Gasteiger partial charge >= 0.3 is 0 Å². The van der Waals surface area contributed by atoms with Crippen LogP contribution in [-0.2, 0) is 11.2 Å². The number of piperidine rings is 1. The van der Waals surface area contributed by atoms with Crippen LogP contribution in [0.2, 0.25) is 5.02 Å². The van der Waals surface area contributed by atoms with E-state index in [2.05, 4.69) is 32.1 Å². The van der Waals surface area contributed by atoms with Gasteiger partial charge in [-0.05, 0) is 43.9 Å². The highest BCUT2D eigenvalue weighted by Crippen LogP contribution is 2.27. The third kappa shape index (κ3) is 4.91. The number of nitrogens with zero attached hydrogens (tertiary/aromatic N) is 4. The second kappa shape index (κ2) is 9.00. The number of nitrogens with two attached hydrogens (primary N) is 1. The lowest BCUT2D eigenvalue weighted by atomic mass is 9.95. The average molecular weight is 420 g/mol. The Kier molecular flexibility index (Phi) is 6.39. The zero-order valence-electron chi connectivity index (χ0n) is 16.9. The van der Waals surface area contributed by atoms with Gasteiger partial charge in [0.1, 0.15) is 11.7 Å². The number of ether oxygens (including phenoxy) is 1. The Hall–Kier alpha value is -1.67. The van der Waals surface area contributed by atoms with E-state index in [0.29, 0.717) is 30.9 Å². The summed E-state index contributed by atoms with van der Waals surface area (Å²) in [4.78, 5) is 4.87. The fraction of sp³-hybridized carbons (Fsp3) is 0.619. The van der Waals surface area contributed by atoms with Crippen molar-refractivity contribution in [2.75, 3.05) is 26.2 Å². The molecule has 3 aliphatic heterocycles. The van der Waals surface area contributed by atoms with Gasteiger partial charge in [-0.1, -0.05) is 23.7 Å². The van der Waals surface area contributed by atoms with Crippen LogP contribution in [0.3, 0.4) is 0 Å². The van der Waals surface area contributed by atoms with Gasteiger partial charge in [-0.2, -0.15) is 0 Å². The predicted octanol–water partition coefficient (Wildman–Crippen LogP) is 1.87. The van der Waals surface area contributed by atoms with E-state index in [1.165, 1.54) is 5.56 Å². The summed E-state index contributed by atoms with van der Waals surface area (Å²) in [6.45, 7) is 5.12. The monoisotopic (exact) mass is 419 g/mol. The lowest BCUT2D eigenvalue weighted by molar-refractivity contribution is -0.121. The maximum Gasteiger partial charge on any atom is 0.135 e. The van der Waals surface area contributed by atoms with Gasteiger partial charge < -0.3 is 20.5 Å². The standard InChI is InChI=1S/C21H30ClN5O2/c1-14(28)19-12-27(18(13-29-19)10-15-2-4-16(22)5-3-15)17-6-8-26(9-7-17)21-11-20(23)24-25-21/h2-5,14,17-19,28H,6-13H2,1H3,(H2,23,24)/t14?,18-,19+/m0/s1. The van der Waals surface area contributed by atoms with Gasteiger partial charge in [0.25, 0.3) is 0 Å². The summed E-state index contributed by atoms with van der Waals surface area (Å²) in [7, 11) is 0. The molecule has 1 aromatic rings. The number of hydrogen-bond acceptors (Lipinski definition) is 7. The van der Waals surface area contributed by atoms with Crippen LogP contribution in [0, 0.1) is 0 Å². The first-order valence-corrected chi connectivity index (χ1v) is 10.8. The number of rotatable bonds is 4. The zero-order valence-corrected chi connectivity index (χ0v) is 17.6. The number of likely N-dealkylation sites (tertiary alicyclic amines) is 1. The molecule has 1 aromatic carbocycles. The molecular weight excluding hydrogens is 390 g/mol. The van der Waals surface area contributed by atoms with E-state index in [4.69, 9.17) is 22.1 Å². The van der Waals surface area contributed by atoms with Crippen molar-refractivity contribution >= 4 is 23.3 Å². The number of amidine groups is 2. The molecule has 0 radical (unpaired) electrons. The highest BCUT2D eigenvalue weighted by Gasteiger charge is 2.37. The van der Waals surface area contributed by atoms with Crippen LogP contribution in [0.4, 0.5) is 0 Å². The van der Waals surface area contributed by atoms with Gasteiger partial charge in [0.05, 0.1) is 25.2 Å². The minimum Gasteiger partial charge on any atom is -0.391 e. The highest BCUT2D eigenvalue weighted by molar-refractivity contribution is 6.30. The van der Waals surface area contributed by atoms with Crippen molar-refractivity contribution in [1.82, 2.24) is 9.80 Å². The van der Waals surface area contributed by atoms with E-state index in [-0.39, 0.29) is 6.10 Å². The first-order chi connectivity index (χ1) is 14.0. The molecule has 3 heterocycles. The number of morpholine rings is 1. The summed E-state index contributed by atoms with van der Waals surface area (Å²) in [5, 5.41) is 19.0. The molecule has 4 rings (SSSR count). The number of halogens is 1. The first-order valence-electron chi connectivity index (χ1n) is 10.4. The lowest BCUT2D eigenvalue weighted by Gasteiger charge is -2.47. The van der Waals surface area contributed by atoms with E-state index in [1.54, 1.807) is 0 Å². The van der Waals surface area contributed by atoms with Gasteiger partial charge in [-0.25, -0.2) is 0 Å². The third-order valence-corrected chi connectivity index (χ3v) is 6.47. The Balaban J connectivity index is 1.41. The second-order valence-electron chi connectivity index (χ2n) is 8.30. The summed E-state index contributed by atoms with van der Waals surface area (Å²) < 4.78 is 6.01. The quantitative estimate of drug-likeness (QED) is 0.778. The van der Waals surface area contributed by atoms with E-state index >= 15 is 0 Å². The molecule has 0 bridgehead atoms. The lowest BCUT2D eigenvalue weighted by Crippen LogP contribution is -2.59. The summed E-state index contributed by atoms with van der Waals surface area (Å²) in [6, 6.07) is 8.83. The number of benzene rings is 1. The van der Waals surface area contributed by atoms with Crippen LogP contribution >= 0.6 is 11.6 Å². The van der Waals surface area contributed by atoms with Crippen molar-refractivity contribution in [2.24, 2.45) is 15.9 Å². The predicted molar refractivity (Wildman–Crippen MR) is 115 cm³/mol. The largest absolute Gasteiger partial charge is 0.391 e. The van der Waals surface area contributed by atoms with Crippen LogP contribution in [0.15, 0.2) is 34.5 Å². The fourth-order valence-corrected chi connectivity index (χ4v) is 4.66. The molecule has 29 heavy (non-hydrogen) atoms. The van der Waals surface area contributed by atoms with E-state index < -0.39 is 6.10 Å². The average Bonchev–Trinajstić information content (AvgIpc) is 3.16. The Morgan fingerprint density at radius 1 is 1.24 bits per heavy atom. The van der Waals surface area contributed by atoms with Crippen molar-refractivity contribution in [3.8, 4) is 0 Å². The van der Waals surface area contributed by atoms with E-state index in [1.807, 2.05) is 19.1 Å². The van der Waals surface area contributed by atoms with Crippen LogP contribution in [0.5, 0.6) is 0 Å². The number of aliphatic hydroxyl groups excluding tert-OH is 1. The molecule has 3 atom stereocenters. The van der Waals surface area contributed by atoms with E-state index in [0.717, 1.165) is 49.8 Å². The molecule has 0 spiro atoms. The molecule has 0 aromatic heterocycles. The summed E-state index contributed by atoms with van der Waals surface area (Å²) in [5.41, 5.74) is 7.03. The molecule has 3 N–H and O–H groups in total. The van der Waals surface area contributed by atoms with Gasteiger partial charge in [0.2, 0.25) is 0 Å². The van der Waals surface area contributed by atoms with Crippen molar-refractivity contribution in [1.29, 1.82) is 0 Å². The summed E-state index contributed by atoms with van der Waals surface area (Å²) in [6.07, 6.45) is 3.08. The number of aliphatic hydroxyl groups is 1. The van der Waals surface area contributed by atoms with Crippen molar-refractivity contribution in [2.45, 2.75) is 56.9 Å². The third-order valence-electron chi connectivity index (χ3n) is 6.22. The molecule has 1 unspecified atom stereocenters. The molecule has 8 heteroatoms. The van der Waals surface area contributed by atoms with Gasteiger partial charge in [0.15, 0.2) is 0 Å². The molecule has 2 saturated heterocycles. The molecule has 7 nitrogen and oxygen atoms in total. The van der Waals surface area contributed by atoms with Gasteiger partial charge in [-0.15, -0.1) is 10.2 Å². The van der Waals surface area contributed by atoms with Crippen molar-refractivity contribution in [3.63, 3.8) is 0 Å². The Bertz CT molecular complexity index is 759. The fourth-order valence-electron chi connectivity index (χ4n) is 4.53. The molecular formula is C21H30ClN5O2. The minimum atomic E-state index is -0.470. The molecule has 0 aliphatic carbocycles. The van der Waals surface area contributed by atoms with Crippen molar-refractivity contribution in [3.05, 3.63) is 34.9 Å². The second-order valence-corrected chi connectivity index (χ2v) is 8.73. The minimum absolute atomic E-state index is 0.137. The zero-order chi connectivity index (χ0) is 20.4. The van der Waals surface area contributed by atoms with Crippen LogP contribution < -0.4 is 5.73 Å². The molecule has 0 saturated carbocycles. The molecule has 158 valence electrons. The van der Waals surface area contributed by atoms with E-state index in [9.17, 15) is 5.11 Å². The Morgan fingerprint density at radius 2 is 1.97 bits per heavy atom. The topological polar surface area (TPSA) is 86.7 Å². The first kappa shape index (κ1) is 20.6. The van der Waals surface area contributed by atoms with Gasteiger partial charge in [0, 0.05) is 36.7 Å². The Labute approximate surface area is 177 Å². The maximum atomic E-state index is 10.1. The van der Waals surface area contributed by atoms with Gasteiger partial charge in [-0.3, -0.25) is 4.90 Å². The molecule has 3 aliphatic rings. The Morgan fingerprint density at radius 3 is 2.59 bits per heavy atom. The smallest absolute Gasteiger partial charge is 0.135 e. The summed E-state index contributed by atoms with van der Waals surface area (Å²) >= 11 is 6.04. The summed E-state index contributed by atoms with van der Waals surface area (Å²) in [5.74, 6) is 1.58. The van der Waals surface area contributed by atoms with Crippen LogP contribution in [0.25, 0.3) is 0 Å².